The Morgan fingerprint density at radius 3 is 1.84 bits per heavy atom. The number of carbonyl (C=O) groups excluding carboxylic acids is 7. The molecule has 0 saturated carbocycles. The third-order valence-corrected chi connectivity index (χ3v) is 12.7. The molecule has 5 aromatic carbocycles. The van der Waals surface area contributed by atoms with E-state index in [4.69, 9.17) is 9.47 Å². The molecule has 5 aromatic rings. The maximum Gasteiger partial charge on any atom is 0.411 e. The molecule has 74 heavy (non-hydrogen) atoms. The molecule has 17 heteroatoms. The lowest BCUT2D eigenvalue weighted by Gasteiger charge is -2.29. The number of fused-ring (bicyclic) bond motifs is 3. The zero-order valence-corrected chi connectivity index (χ0v) is 42.2. The molecule has 0 radical (unpaired) electrons. The first-order chi connectivity index (χ1) is 35.6. The number of alkyl carbamates (subject to hydrolysis) is 1. The quantitative estimate of drug-likeness (QED) is 0.0435. The van der Waals surface area contributed by atoms with Crippen LogP contribution in [0.1, 0.15) is 95.6 Å². The van der Waals surface area contributed by atoms with Crippen LogP contribution in [0.3, 0.4) is 0 Å². The van der Waals surface area contributed by atoms with Gasteiger partial charge in [0.2, 0.25) is 17.7 Å². The lowest BCUT2D eigenvalue weighted by Crippen LogP contribution is -2.52. The third-order valence-electron chi connectivity index (χ3n) is 12.7. The number of nitrogens with zero attached hydrogens (tertiary/aromatic N) is 1. The monoisotopic (exact) mass is 1010 g/mol. The van der Waals surface area contributed by atoms with E-state index in [1.807, 2.05) is 116 Å². The van der Waals surface area contributed by atoms with Crippen LogP contribution in [0.15, 0.2) is 151 Å². The SMILES string of the molecule is CCC[C@H](NC(=O)C1C[C@@H](NC(=O)OCC2c3ccccc3-c3ccccc32)CN1C(=O)OC(C)(C)C)C(=CNC(=O)NC(c1ccccc1)c1ccccc1)C(=O)NCC(=O)N[C@H](C(=O)NC)c1ccccc1.[HH].[HH]. The number of carbonyl (C=O) groups is 7. The maximum absolute atomic E-state index is 14.6. The third kappa shape index (κ3) is 13.7. The van der Waals surface area contributed by atoms with Crippen LogP contribution in [0, 0.1) is 0 Å². The lowest BCUT2D eigenvalue weighted by atomic mass is 9.98. The van der Waals surface area contributed by atoms with Crippen molar-refractivity contribution in [3.63, 3.8) is 0 Å². The summed E-state index contributed by atoms with van der Waals surface area (Å²) in [6.07, 6.45) is 0.225. The summed E-state index contributed by atoms with van der Waals surface area (Å²) in [6.45, 7) is 6.30. The van der Waals surface area contributed by atoms with E-state index in [0.717, 1.165) is 33.4 Å². The Balaban J connectivity index is 0.00000533. The summed E-state index contributed by atoms with van der Waals surface area (Å²) in [5.74, 6) is -2.86. The second-order valence-electron chi connectivity index (χ2n) is 19.1. The van der Waals surface area contributed by atoms with Crippen molar-refractivity contribution in [2.45, 2.75) is 88.7 Å². The highest BCUT2D eigenvalue weighted by atomic mass is 16.6. The molecule has 4 atom stereocenters. The standard InChI is InChI=1S/C57H64N8O9.2H2/c1-6-20-46(62-52(68)47-31-39(34-65(47)56(72)74-57(2,3)4)61-55(71)73-35-45-42-29-18-16-27-40(42)41-28-17-19-30-43(41)45)44(51(67)59-33-48(66)63-50(53(69)58-5)38-25-14-9-15-26-38)32-60-54(70)64-49(36-21-10-7-11-22-36)37-23-12-8-13-24-37;;/h7-19,21-30,32,39,45-47,49-50H,6,20,31,33-35H2,1-5H3,(H,58,69)(H,59,67)(H,61,71)(H,62,68)(H,63,66)(H2,60,64,70);2*1H/t39-,46+,47?,50+;;/m1../s1. The minimum atomic E-state index is -1.19. The van der Waals surface area contributed by atoms with Crippen LogP contribution in [0.2, 0.25) is 0 Å². The first-order valence-electron chi connectivity index (χ1n) is 24.8. The molecule has 1 heterocycles. The number of likely N-dealkylation sites (N-methyl/N-ethyl adjacent to an activating group) is 1. The minimum absolute atomic E-state index is 0. The second kappa shape index (κ2) is 24.8. The molecular weight excluding hydrogens is 941 g/mol. The average Bonchev–Trinajstić information content (AvgIpc) is 3.98. The number of rotatable bonds is 18. The van der Waals surface area contributed by atoms with E-state index in [-0.39, 0.29) is 40.3 Å². The fourth-order valence-corrected chi connectivity index (χ4v) is 9.24. The number of amides is 8. The van der Waals surface area contributed by atoms with Crippen molar-refractivity contribution >= 4 is 41.8 Å². The van der Waals surface area contributed by atoms with Crippen LogP contribution >= 0.6 is 0 Å². The number of hydrogen-bond donors (Lipinski definition) is 7. The fourth-order valence-electron chi connectivity index (χ4n) is 9.24. The number of likely N-dealkylation sites (tertiary alicyclic amines) is 1. The van der Waals surface area contributed by atoms with Crippen molar-refractivity contribution < 1.29 is 45.9 Å². The summed E-state index contributed by atoms with van der Waals surface area (Å²) in [6, 6.07) is 37.8. The van der Waals surface area contributed by atoms with Gasteiger partial charge in [0.1, 0.15) is 24.3 Å². The van der Waals surface area contributed by atoms with Crippen LogP contribution in [0.25, 0.3) is 11.1 Å². The van der Waals surface area contributed by atoms with E-state index in [0.29, 0.717) is 12.0 Å². The predicted molar refractivity (Wildman–Crippen MR) is 283 cm³/mol. The van der Waals surface area contributed by atoms with Gasteiger partial charge in [-0.25, -0.2) is 14.4 Å². The van der Waals surface area contributed by atoms with Crippen molar-refractivity contribution in [2.75, 3.05) is 26.7 Å². The molecule has 0 aromatic heterocycles. The number of urea groups is 1. The largest absolute Gasteiger partial charge is 0.449 e. The topological polar surface area (TPSA) is 225 Å². The Morgan fingerprint density at radius 2 is 1.28 bits per heavy atom. The van der Waals surface area contributed by atoms with E-state index in [9.17, 15) is 33.6 Å². The summed E-state index contributed by atoms with van der Waals surface area (Å²) >= 11 is 0. The summed E-state index contributed by atoms with van der Waals surface area (Å²) in [5.41, 5.74) is 5.27. The van der Waals surface area contributed by atoms with Crippen LogP contribution in [-0.4, -0.2) is 97.2 Å². The molecule has 17 nitrogen and oxygen atoms in total. The molecule has 2 aliphatic rings. The number of ether oxygens (including phenoxy) is 2. The molecular formula is C57H68N8O9. The summed E-state index contributed by atoms with van der Waals surface area (Å²) in [7, 11) is 1.44. The molecule has 0 spiro atoms. The van der Waals surface area contributed by atoms with Crippen LogP contribution in [0.4, 0.5) is 14.4 Å². The fraction of sp³-hybridized carbons (Fsp3) is 0.316. The normalized spacial score (nSPS) is 15.9. The molecule has 1 unspecified atom stereocenters. The van der Waals surface area contributed by atoms with Gasteiger partial charge in [-0.1, -0.05) is 153 Å². The van der Waals surface area contributed by atoms with Gasteiger partial charge in [-0.05, 0) is 72.6 Å². The van der Waals surface area contributed by atoms with E-state index in [1.165, 1.54) is 18.1 Å². The van der Waals surface area contributed by atoms with Gasteiger partial charge in [-0.2, -0.15) is 0 Å². The molecule has 8 amide bonds. The molecule has 1 fully saturated rings. The van der Waals surface area contributed by atoms with Gasteiger partial charge in [0, 0.05) is 28.6 Å². The first kappa shape index (κ1) is 53.3. The van der Waals surface area contributed by atoms with Crippen molar-refractivity contribution in [3.8, 4) is 11.1 Å². The first-order valence-corrected chi connectivity index (χ1v) is 24.8. The zero-order chi connectivity index (χ0) is 52.8. The van der Waals surface area contributed by atoms with Crippen LogP contribution in [-0.2, 0) is 28.7 Å². The van der Waals surface area contributed by atoms with Crippen LogP contribution < -0.4 is 37.2 Å². The molecule has 1 aliphatic carbocycles. The molecule has 0 bridgehead atoms. The van der Waals surface area contributed by atoms with Gasteiger partial charge < -0.3 is 46.7 Å². The van der Waals surface area contributed by atoms with E-state index in [1.54, 1.807) is 51.1 Å². The highest BCUT2D eigenvalue weighted by Crippen LogP contribution is 2.44. The highest BCUT2D eigenvalue weighted by Gasteiger charge is 2.43. The molecule has 1 aliphatic heterocycles. The van der Waals surface area contributed by atoms with Gasteiger partial charge in [-0.3, -0.25) is 24.1 Å². The predicted octanol–water partition coefficient (Wildman–Crippen LogP) is 7.37. The zero-order valence-electron chi connectivity index (χ0n) is 42.2. The Bertz CT molecular complexity index is 2750. The summed E-state index contributed by atoms with van der Waals surface area (Å²) in [5, 5.41) is 19.2. The molecule has 390 valence electrons. The van der Waals surface area contributed by atoms with Crippen LogP contribution in [0.5, 0.6) is 0 Å². The Morgan fingerprint density at radius 1 is 0.730 bits per heavy atom. The van der Waals surface area contributed by atoms with Crippen molar-refractivity contribution in [1.82, 2.24) is 42.1 Å². The van der Waals surface area contributed by atoms with E-state index in [2.05, 4.69) is 37.2 Å². The van der Waals surface area contributed by atoms with Gasteiger partial charge in [0.05, 0.1) is 30.2 Å². The summed E-state index contributed by atoms with van der Waals surface area (Å²) < 4.78 is 11.6. The molecule has 1 saturated heterocycles. The Kier molecular flexibility index (Phi) is 17.9. The van der Waals surface area contributed by atoms with Gasteiger partial charge in [0.25, 0.3) is 5.91 Å². The maximum atomic E-state index is 14.6. The van der Waals surface area contributed by atoms with Gasteiger partial charge in [0.15, 0.2) is 0 Å². The Hall–Kier alpha value is -8.47. The summed E-state index contributed by atoms with van der Waals surface area (Å²) in [4.78, 5) is 97.8. The van der Waals surface area contributed by atoms with E-state index < -0.39 is 84.2 Å². The molecule has 7 N–H and O–H groups in total. The minimum Gasteiger partial charge on any atom is -0.449 e. The number of hydrogen-bond acceptors (Lipinski definition) is 9. The van der Waals surface area contributed by atoms with Gasteiger partial charge >= 0.3 is 18.2 Å². The highest BCUT2D eigenvalue weighted by molar-refractivity contribution is 5.99. The van der Waals surface area contributed by atoms with Crippen molar-refractivity contribution in [3.05, 3.63) is 179 Å². The van der Waals surface area contributed by atoms with Gasteiger partial charge in [-0.15, -0.1) is 0 Å². The number of nitrogens with one attached hydrogen (secondary N) is 7. The smallest absolute Gasteiger partial charge is 0.411 e. The number of benzene rings is 5. The lowest BCUT2D eigenvalue weighted by molar-refractivity contribution is -0.129. The van der Waals surface area contributed by atoms with Crippen molar-refractivity contribution in [2.24, 2.45) is 0 Å². The Labute approximate surface area is 434 Å². The van der Waals surface area contributed by atoms with Crippen molar-refractivity contribution in [1.29, 1.82) is 0 Å². The second-order valence-corrected chi connectivity index (χ2v) is 19.1. The average molecular weight is 1010 g/mol. The van der Waals surface area contributed by atoms with E-state index >= 15 is 0 Å². The molecule has 7 rings (SSSR count).